The van der Waals surface area contributed by atoms with Crippen LogP contribution in [-0.4, -0.2) is 43.2 Å². The van der Waals surface area contributed by atoms with Crippen molar-refractivity contribution in [2.45, 2.75) is 39.3 Å². The van der Waals surface area contributed by atoms with Crippen LogP contribution >= 0.6 is 0 Å². The number of nitrogens with zero attached hydrogens (tertiary/aromatic N) is 1. The summed E-state index contributed by atoms with van der Waals surface area (Å²) >= 11 is 0. The van der Waals surface area contributed by atoms with Crippen LogP contribution in [-0.2, 0) is 13.0 Å². The van der Waals surface area contributed by atoms with Crippen molar-refractivity contribution in [2.24, 2.45) is 0 Å². The highest BCUT2D eigenvalue weighted by Crippen LogP contribution is 2.28. The summed E-state index contributed by atoms with van der Waals surface area (Å²) in [6.07, 6.45) is 1.05. The van der Waals surface area contributed by atoms with E-state index in [1.165, 1.54) is 11.1 Å². The molecule has 2 aromatic rings. The molecule has 28 heavy (non-hydrogen) atoms. The molecule has 1 aliphatic rings. The Balaban J connectivity index is 1.63. The third kappa shape index (κ3) is 4.47. The van der Waals surface area contributed by atoms with E-state index in [-0.39, 0.29) is 11.4 Å². The molecule has 0 spiro atoms. The van der Waals surface area contributed by atoms with Gasteiger partial charge in [-0.15, -0.1) is 0 Å². The first-order valence-electron chi connectivity index (χ1n) is 9.85. The van der Waals surface area contributed by atoms with Crippen LogP contribution in [0, 0.1) is 0 Å². The summed E-state index contributed by atoms with van der Waals surface area (Å²) in [5, 5.41) is 3.09. The standard InChI is InChI=1S/C23H30N2O3/c1-5-28-20-11-10-18(14-21(20)27-4)22(26)24-16-23(2,3)25-13-12-17-8-6-7-9-19(17)15-25/h6-11,14H,5,12-13,15-16H2,1-4H3,(H,24,26). The molecule has 0 unspecified atom stereocenters. The van der Waals surface area contributed by atoms with Crippen molar-refractivity contribution >= 4 is 5.91 Å². The van der Waals surface area contributed by atoms with Crippen LogP contribution in [0.3, 0.4) is 0 Å². The van der Waals surface area contributed by atoms with Crippen LogP contribution in [0.25, 0.3) is 0 Å². The van der Waals surface area contributed by atoms with Crippen LogP contribution in [0.1, 0.15) is 42.3 Å². The smallest absolute Gasteiger partial charge is 0.251 e. The molecular formula is C23H30N2O3. The summed E-state index contributed by atoms with van der Waals surface area (Å²) in [7, 11) is 1.58. The van der Waals surface area contributed by atoms with Crippen molar-refractivity contribution in [1.29, 1.82) is 0 Å². The molecule has 0 aromatic heterocycles. The van der Waals surface area contributed by atoms with Gasteiger partial charge in [0.25, 0.3) is 5.91 Å². The monoisotopic (exact) mass is 382 g/mol. The molecule has 0 saturated carbocycles. The van der Waals surface area contributed by atoms with Crippen molar-refractivity contribution in [3.05, 3.63) is 59.2 Å². The first-order valence-corrected chi connectivity index (χ1v) is 9.85. The largest absolute Gasteiger partial charge is 0.493 e. The number of hydrogen-bond donors (Lipinski definition) is 1. The number of amides is 1. The van der Waals surface area contributed by atoms with E-state index >= 15 is 0 Å². The number of benzene rings is 2. The maximum Gasteiger partial charge on any atom is 0.251 e. The van der Waals surface area contributed by atoms with Crippen LogP contribution < -0.4 is 14.8 Å². The van der Waals surface area contributed by atoms with Gasteiger partial charge < -0.3 is 14.8 Å². The molecule has 1 heterocycles. The molecule has 0 bridgehead atoms. The van der Waals surface area contributed by atoms with Crippen molar-refractivity contribution in [3.63, 3.8) is 0 Å². The summed E-state index contributed by atoms with van der Waals surface area (Å²) < 4.78 is 10.9. The Morgan fingerprint density at radius 3 is 2.61 bits per heavy atom. The highest BCUT2D eigenvalue weighted by atomic mass is 16.5. The second-order valence-electron chi connectivity index (χ2n) is 7.73. The molecule has 0 atom stereocenters. The summed E-state index contributed by atoms with van der Waals surface area (Å²) in [4.78, 5) is 15.1. The fourth-order valence-electron chi connectivity index (χ4n) is 3.61. The third-order valence-electron chi connectivity index (χ3n) is 5.39. The lowest BCUT2D eigenvalue weighted by molar-refractivity contribution is 0.0826. The van der Waals surface area contributed by atoms with E-state index in [9.17, 15) is 4.79 Å². The van der Waals surface area contributed by atoms with Gasteiger partial charge in [-0.25, -0.2) is 0 Å². The Bertz CT molecular complexity index is 832. The van der Waals surface area contributed by atoms with Gasteiger partial charge >= 0.3 is 0 Å². The predicted octanol–water partition coefficient (Wildman–Crippen LogP) is 3.66. The molecule has 0 radical (unpaired) electrons. The summed E-state index contributed by atoms with van der Waals surface area (Å²) in [5.74, 6) is 1.11. The zero-order chi connectivity index (χ0) is 20.1. The fourth-order valence-corrected chi connectivity index (χ4v) is 3.61. The Hall–Kier alpha value is -2.53. The average molecular weight is 383 g/mol. The van der Waals surface area contributed by atoms with Gasteiger partial charge in [0, 0.05) is 30.7 Å². The highest BCUT2D eigenvalue weighted by Gasteiger charge is 2.30. The van der Waals surface area contributed by atoms with E-state index in [0.717, 1.165) is 19.5 Å². The van der Waals surface area contributed by atoms with E-state index in [1.807, 2.05) is 6.92 Å². The molecule has 0 fully saturated rings. The molecule has 0 saturated heterocycles. The number of carbonyl (C=O) groups is 1. The Kier molecular flexibility index (Phi) is 6.25. The number of hydrogen-bond acceptors (Lipinski definition) is 4. The van der Waals surface area contributed by atoms with E-state index < -0.39 is 0 Å². The van der Waals surface area contributed by atoms with Crippen LogP contribution in [0.5, 0.6) is 11.5 Å². The first kappa shape index (κ1) is 20.2. The number of rotatable bonds is 7. The lowest BCUT2D eigenvalue weighted by Gasteiger charge is -2.41. The van der Waals surface area contributed by atoms with Gasteiger partial charge in [-0.1, -0.05) is 24.3 Å². The fraction of sp³-hybridized carbons (Fsp3) is 0.435. The molecule has 3 rings (SSSR count). The Labute approximate surface area is 167 Å². The third-order valence-corrected chi connectivity index (χ3v) is 5.39. The number of fused-ring (bicyclic) bond motifs is 1. The van der Waals surface area contributed by atoms with E-state index in [0.29, 0.717) is 30.2 Å². The van der Waals surface area contributed by atoms with E-state index in [2.05, 4.69) is 48.3 Å². The second kappa shape index (κ2) is 8.65. The maximum absolute atomic E-state index is 12.7. The van der Waals surface area contributed by atoms with Gasteiger partial charge in [-0.2, -0.15) is 0 Å². The molecule has 5 heteroatoms. The van der Waals surface area contributed by atoms with Gasteiger partial charge in [0.1, 0.15) is 0 Å². The molecule has 1 aliphatic heterocycles. The second-order valence-corrected chi connectivity index (χ2v) is 7.73. The number of methoxy groups -OCH3 is 1. The maximum atomic E-state index is 12.7. The highest BCUT2D eigenvalue weighted by molar-refractivity contribution is 5.94. The van der Waals surface area contributed by atoms with Crippen molar-refractivity contribution in [1.82, 2.24) is 10.2 Å². The minimum absolute atomic E-state index is 0.105. The Morgan fingerprint density at radius 1 is 1.14 bits per heavy atom. The first-order chi connectivity index (χ1) is 13.4. The zero-order valence-electron chi connectivity index (χ0n) is 17.2. The summed E-state index contributed by atoms with van der Waals surface area (Å²) in [6, 6.07) is 13.9. The molecule has 1 N–H and O–H groups in total. The molecule has 5 nitrogen and oxygen atoms in total. The molecule has 150 valence electrons. The number of ether oxygens (including phenoxy) is 2. The van der Waals surface area contributed by atoms with Gasteiger partial charge in [0.2, 0.25) is 0 Å². The average Bonchev–Trinajstić information content (AvgIpc) is 2.72. The van der Waals surface area contributed by atoms with Crippen molar-refractivity contribution in [2.75, 3.05) is 26.8 Å². The van der Waals surface area contributed by atoms with Gasteiger partial charge in [0.15, 0.2) is 11.5 Å². The molecular weight excluding hydrogens is 352 g/mol. The number of carbonyl (C=O) groups excluding carboxylic acids is 1. The van der Waals surface area contributed by atoms with Crippen LogP contribution in [0.2, 0.25) is 0 Å². The van der Waals surface area contributed by atoms with E-state index in [1.54, 1.807) is 25.3 Å². The normalized spacial score (nSPS) is 14.3. The quantitative estimate of drug-likeness (QED) is 0.794. The van der Waals surface area contributed by atoms with Crippen molar-refractivity contribution in [3.8, 4) is 11.5 Å². The molecule has 2 aromatic carbocycles. The summed E-state index contributed by atoms with van der Waals surface area (Å²) in [6.45, 7) is 9.31. The van der Waals surface area contributed by atoms with Crippen molar-refractivity contribution < 1.29 is 14.3 Å². The van der Waals surface area contributed by atoms with E-state index in [4.69, 9.17) is 9.47 Å². The Morgan fingerprint density at radius 2 is 1.89 bits per heavy atom. The molecule has 1 amide bonds. The zero-order valence-corrected chi connectivity index (χ0v) is 17.2. The predicted molar refractivity (Wildman–Crippen MR) is 111 cm³/mol. The SMILES string of the molecule is CCOc1ccc(C(=O)NCC(C)(C)N2CCc3ccccc3C2)cc1OC. The molecule has 0 aliphatic carbocycles. The minimum atomic E-state index is -0.140. The topological polar surface area (TPSA) is 50.8 Å². The van der Waals surface area contributed by atoms with Crippen LogP contribution in [0.15, 0.2) is 42.5 Å². The lowest BCUT2D eigenvalue weighted by atomic mass is 9.94. The summed E-state index contributed by atoms with van der Waals surface area (Å²) in [5.41, 5.74) is 3.24. The minimum Gasteiger partial charge on any atom is -0.493 e. The van der Waals surface area contributed by atoms with Gasteiger partial charge in [0.05, 0.1) is 13.7 Å². The van der Waals surface area contributed by atoms with Crippen LogP contribution in [0.4, 0.5) is 0 Å². The van der Waals surface area contributed by atoms with Gasteiger partial charge in [-0.3, -0.25) is 9.69 Å². The van der Waals surface area contributed by atoms with Gasteiger partial charge in [-0.05, 0) is 56.5 Å². The number of nitrogens with one attached hydrogen (secondary N) is 1. The lowest BCUT2D eigenvalue weighted by Crippen LogP contribution is -2.53.